The number of amides is 1. The molecule has 1 aliphatic rings. The van der Waals surface area contributed by atoms with Gasteiger partial charge in [-0.05, 0) is 31.9 Å². The Morgan fingerprint density at radius 2 is 2.08 bits per heavy atom. The van der Waals surface area contributed by atoms with Crippen molar-refractivity contribution in [1.29, 1.82) is 0 Å². The van der Waals surface area contributed by atoms with Crippen molar-refractivity contribution in [1.82, 2.24) is 20.0 Å². The third kappa shape index (κ3) is 4.31. The third-order valence-corrected chi connectivity index (χ3v) is 5.07. The molecular weight excluding hydrogens is 328 g/mol. The largest absolute Gasteiger partial charge is 0.388 e. The summed E-state index contributed by atoms with van der Waals surface area (Å²) < 4.78 is 0. The highest BCUT2D eigenvalue weighted by Crippen LogP contribution is 2.28. The maximum absolute atomic E-state index is 12.0. The molecule has 0 saturated carbocycles. The maximum atomic E-state index is 12.0. The molecule has 1 aliphatic heterocycles. The first-order valence-electron chi connectivity index (χ1n) is 9.10. The van der Waals surface area contributed by atoms with Crippen LogP contribution < -0.4 is 0 Å². The van der Waals surface area contributed by atoms with E-state index in [0.29, 0.717) is 19.5 Å². The molecule has 0 aliphatic carbocycles. The molecule has 1 aromatic heterocycles. The smallest absolute Gasteiger partial charge is 0.224 e. The summed E-state index contributed by atoms with van der Waals surface area (Å²) in [6, 6.07) is 8.36. The molecule has 2 heterocycles. The van der Waals surface area contributed by atoms with Gasteiger partial charge >= 0.3 is 0 Å². The highest BCUT2D eigenvalue weighted by molar-refractivity contribution is 5.76. The number of aromatic nitrogens is 2. The van der Waals surface area contributed by atoms with Gasteiger partial charge in [-0.2, -0.15) is 5.10 Å². The molecule has 6 heteroatoms. The fourth-order valence-corrected chi connectivity index (χ4v) is 3.57. The number of carbonyl (C=O) groups excluding carboxylic acids is 1. The van der Waals surface area contributed by atoms with Crippen LogP contribution in [-0.4, -0.2) is 63.8 Å². The normalized spacial score (nSPS) is 20.9. The third-order valence-electron chi connectivity index (χ3n) is 5.07. The van der Waals surface area contributed by atoms with E-state index in [0.717, 1.165) is 29.8 Å². The molecule has 1 unspecified atom stereocenters. The van der Waals surface area contributed by atoms with Gasteiger partial charge in [-0.3, -0.25) is 14.8 Å². The van der Waals surface area contributed by atoms with Gasteiger partial charge in [0.2, 0.25) is 5.91 Å². The van der Waals surface area contributed by atoms with Crippen LogP contribution in [0.15, 0.2) is 30.5 Å². The lowest BCUT2D eigenvalue weighted by Crippen LogP contribution is -2.50. The Bertz CT molecular complexity index is 753. The van der Waals surface area contributed by atoms with Crippen LogP contribution in [0.2, 0.25) is 0 Å². The second-order valence-corrected chi connectivity index (χ2v) is 7.64. The Morgan fingerprint density at radius 3 is 2.77 bits per heavy atom. The van der Waals surface area contributed by atoms with Crippen LogP contribution in [0.1, 0.15) is 30.4 Å². The number of likely N-dealkylation sites (tertiary alicyclic amines) is 1. The van der Waals surface area contributed by atoms with Crippen molar-refractivity contribution >= 4 is 5.91 Å². The second kappa shape index (κ2) is 7.60. The molecule has 3 rings (SSSR count). The molecule has 2 aromatic rings. The van der Waals surface area contributed by atoms with Crippen LogP contribution in [0.3, 0.4) is 0 Å². The number of rotatable bonds is 5. The minimum Gasteiger partial charge on any atom is -0.388 e. The summed E-state index contributed by atoms with van der Waals surface area (Å²) in [6.45, 7) is 4.20. The SMILES string of the molecule is Cc1ccc(-c2[nH]ncc2CN2CCCC(O)(CC(=O)N(C)C)C2)cc1. The molecule has 1 aromatic carbocycles. The maximum Gasteiger partial charge on any atom is 0.224 e. The number of aliphatic hydroxyl groups is 1. The Labute approximate surface area is 154 Å². The molecule has 2 N–H and O–H groups in total. The van der Waals surface area contributed by atoms with E-state index in [1.54, 1.807) is 19.0 Å². The van der Waals surface area contributed by atoms with Gasteiger partial charge in [-0.25, -0.2) is 0 Å². The van der Waals surface area contributed by atoms with E-state index >= 15 is 0 Å². The number of hydrogen-bond acceptors (Lipinski definition) is 4. The molecule has 0 bridgehead atoms. The fraction of sp³-hybridized carbons (Fsp3) is 0.500. The molecule has 140 valence electrons. The number of hydrogen-bond donors (Lipinski definition) is 2. The predicted molar refractivity (Wildman–Crippen MR) is 102 cm³/mol. The summed E-state index contributed by atoms with van der Waals surface area (Å²) >= 11 is 0. The summed E-state index contributed by atoms with van der Waals surface area (Å²) in [6.07, 6.45) is 3.58. The van der Waals surface area contributed by atoms with Gasteiger partial charge in [-0.1, -0.05) is 29.8 Å². The van der Waals surface area contributed by atoms with E-state index in [1.807, 2.05) is 6.20 Å². The summed E-state index contributed by atoms with van der Waals surface area (Å²) in [5, 5.41) is 18.2. The quantitative estimate of drug-likeness (QED) is 0.861. The number of nitrogens with zero attached hydrogens (tertiary/aromatic N) is 3. The van der Waals surface area contributed by atoms with Crippen LogP contribution in [-0.2, 0) is 11.3 Å². The Balaban J connectivity index is 1.71. The van der Waals surface area contributed by atoms with E-state index < -0.39 is 5.60 Å². The van der Waals surface area contributed by atoms with Crippen LogP contribution in [0.5, 0.6) is 0 Å². The van der Waals surface area contributed by atoms with E-state index in [4.69, 9.17) is 0 Å². The lowest BCUT2D eigenvalue weighted by molar-refractivity contribution is -0.136. The fourth-order valence-electron chi connectivity index (χ4n) is 3.57. The van der Waals surface area contributed by atoms with Gasteiger partial charge in [0.25, 0.3) is 0 Å². The summed E-state index contributed by atoms with van der Waals surface area (Å²) in [5.41, 5.74) is 3.51. The number of benzene rings is 1. The number of aromatic amines is 1. The molecule has 0 spiro atoms. The predicted octanol–water partition coefficient (Wildman–Crippen LogP) is 2.19. The van der Waals surface area contributed by atoms with E-state index in [2.05, 4.69) is 46.3 Å². The van der Waals surface area contributed by atoms with Crippen LogP contribution in [0.25, 0.3) is 11.3 Å². The molecule has 0 radical (unpaired) electrons. The van der Waals surface area contributed by atoms with Crippen LogP contribution in [0, 0.1) is 6.92 Å². The van der Waals surface area contributed by atoms with Crippen molar-refractivity contribution in [3.8, 4) is 11.3 Å². The first-order valence-corrected chi connectivity index (χ1v) is 9.10. The molecule has 1 saturated heterocycles. The van der Waals surface area contributed by atoms with Crippen molar-refractivity contribution in [2.24, 2.45) is 0 Å². The minimum absolute atomic E-state index is 0.0296. The lowest BCUT2D eigenvalue weighted by Gasteiger charge is -2.39. The van der Waals surface area contributed by atoms with Gasteiger partial charge in [-0.15, -0.1) is 0 Å². The lowest BCUT2D eigenvalue weighted by atomic mass is 9.89. The monoisotopic (exact) mass is 356 g/mol. The van der Waals surface area contributed by atoms with Crippen molar-refractivity contribution in [3.63, 3.8) is 0 Å². The zero-order chi connectivity index (χ0) is 18.7. The Morgan fingerprint density at radius 1 is 1.35 bits per heavy atom. The van der Waals surface area contributed by atoms with Gasteiger partial charge < -0.3 is 10.0 Å². The molecule has 26 heavy (non-hydrogen) atoms. The number of aryl methyl sites for hydroxylation is 1. The highest BCUT2D eigenvalue weighted by atomic mass is 16.3. The average molecular weight is 356 g/mol. The average Bonchev–Trinajstić information content (AvgIpc) is 3.03. The van der Waals surface area contributed by atoms with E-state index in [-0.39, 0.29) is 12.3 Å². The standard InChI is InChI=1S/C20H28N4O2/c1-15-5-7-16(8-6-15)19-17(12-21-22-19)13-24-10-4-9-20(26,14-24)11-18(25)23(2)3/h5-8,12,26H,4,9-11,13-14H2,1-3H3,(H,21,22). The summed E-state index contributed by atoms with van der Waals surface area (Å²) in [5.74, 6) is -0.0296. The number of β-amino-alcohol motifs (C(OH)–C–C–N with tert-alkyl or cyclic N) is 1. The zero-order valence-corrected chi connectivity index (χ0v) is 15.8. The van der Waals surface area contributed by atoms with Gasteiger partial charge in [0.1, 0.15) is 0 Å². The minimum atomic E-state index is -0.951. The Kier molecular flexibility index (Phi) is 5.44. The van der Waals surface area contributed by atoms with Crippen molar-refractivity contribution in [2.75, 3.05) is 27.2 Å². The van der Waals surface area contributed by atoms with Gasteiger partial charge in [0.05, 0.1) is 23.9 Å². The van der Waals surface area contributed by atoms with Crippen molar-refractivity contribution < 1.29 is 9.90 Å². The number of piperidine rings is 1. The number of carbonyl (C=O) groups is 1. The van der Waals surface area contributed by atoms with E-state index in [9.17, 15) is 9.90 Å². The summed E-state index contributed by atoms with van der Waals surface area (Å²) in [4.78, 5) is 15.8. The number of nitrogens with one attached hydrogen (secondary N) is 1. The van der Waals surface area contributed by atoms with Gasteiger partial charge in [0, 0.05) is 32.7 Å². The van der Waals surface area contributed by atoms with Gasteiger partial charge in [0.15, 0.2) is 0 Å². The topological polar surface area (TPSA) is 72.5 Å². The molecule has 1 atom stereocenters. The molecule has 1 amide bonds. The zero-order valence-electron chi connectivity index (χ0n) is 15.8. The molecule has 6 nitrogen and oxygen atoms in total. The van der Waals surface area contributed by atoms with Crippen molar-refractivity contribution in [3.05, 3.63) is 41.6 Å². The first-order chi connectivity index (χ1) is 12.4. The van der Waals surface area contributed by atoms with Crippen LogP contribution >= 0.6 is 0 Å². The first kappa shape index (κ1) is 18.6. The molecular formula is C20H28N4O2. The van der Waals surface area contributed by atoms with Crippen LogP contribution in [0.4, 0.5) is 0 Å². The second-order valence-electron chi connectivity index (χ2n) is 7.64. The highest BCUT2D eigenvalue weighted by Gasteiger charge is 2.36. The van der Waals surface area contributed by atoms with Crippen molar-refractivity contribution in [2.45, 2.75) is 38.3 Å². The summed E-state index contributed by atoms with van der Waals surface area (Å²) in [7, 11) is 3.46. The van der Waals surface area contributed by atoms with E-state index in [1.165, 1.54) is 5.56 Å². The Hall–Kier alpha value is -2.18. The molecule has 1 fully saturated rings. The number of H-pyrrole nitrogens is 1.